The molecule has 1 aliphatic rings. The molecule has 0 saturated carbocycles. The third-order valence-electron chi connectivity index (χ3n) is 3.18. The molecule has 1 rings (SSSR count). The maximum absolute atomic E-state index is 12.0. The number of hydrogen-bond donors (Lipinski definition) is 2. The van der Waals surface area contributed by atoms with Gasteiger partial charge in [0.25, 0.3) is 0 Å². The van der Waals surface area contributed by atoms with Gasteiger partial charge < -0.3 is 10.6 Å². The largest absolute Gasteiger partial charge is 0.351 e. The summed E-state index contributed by atoms with van der Waals surface area (Å²) < 4.78 is 0. The van der Waals surface area contributed by atoms with E-state index in [1.807, 2.05) is 6.92 Å². The van der Waals surface area contributed by atoms with Crippen LogP contribution in [0.2, 0.25) is 0 Å². The Bertz CT molecular complexity index is 293. The number of carbonyl (C=O) groups is 1. The van der Waals surface area contributed by atoms with E-state index in [1.54, 1.807) is 0 Å². The molecule has 1 amide bonds. The van der Waals surface area contributed by atoms with Gasteiger partial charge in [0.05, 0.1) is 18.5 Å². The summed E-state index contributed by atoms with van der Waals surface area (Å²) >= 11 is 0. The molecule has 90 valence electrons. The molecule has 16 heavy (non-hydrogen) atoms. The van der Waals surface area contributed by atoms with E-state index in [0.717, 1.165) is 19.4 Å². The summed E-state index contributed by atoms with van der Waals surface area (Å²) in [5.74, 6) is 0.0208. The van der Waals surface area contributed by atoms with E-state index in [9.17, 15) is 4.79 Å². The molecule has 1 heterocycles. The Kier molecular flexibility index (Phi) is 4.31. The van der Waals surface area contributed by atoms with E-state index in [4.69, 9.17) is 5.26 Å². The van der Waals surface area contributed by atoms with Crippen LogP contribution in [0.5, 0.6) is 0 Å². The third-order valence-corrected chi connectivity index (χ3v) is 3.18. The zero-order valence-corrected chi connectivity index (χ0v) is 10.3. The van der Waals surface area contributed by atoms with Gasteiger partial charge in [-0.3, -0.25) is 4.79 Å². The van der Waals surface area contributed by atoms with Gasteiger partial charge in [-0.15, -0.1) is 0 Å². The van der Waals surface area contributed by atoms with Crippen molar-refractivity contribution in [2.24, 2.45) is 5.41 Å². The average Bonchev–Trinajstić information content (AvgIpc) is 2.16. The fourth-order valence-electron chi connectivity index (χ4n) is 2.17. The molecule has 1 fully saturated rings. The molecule has 0 bridgehead atoms. The molecule has 0 radical (unpaired) electrons. The quantitative estimate of drug-likeness (QED) is 0.755. The number of nitrogens with zero attached hydrogens (tertiary/aromatic N) is 1. The zero-order chi connectivity index (χ0) is 12.2. The molecule has 1 saturated heterocycles. The van der Waals surface area contributed by atoms with E-state index < -0.39 is 0 Å². The van der Waals surface area contributed by atoms with Crippen LogP contribution in [0.1, 0.15) is 40.0 Å². The van der Waals surface area contributed by atoms with Gasteiger partial charge in [-0.1, -0.05) is 13.8 Å². The van der Waals surface area contributed by atoms with Crippen LogP contribution in [0.3, 0.4) is 0 Å². The van der Waals surface area contributed by atoms with Crippen molar-refractivity contribution in [1.82, 2.24) is 10.6 Å². The van der Waals surface area contributed by atoms with Gasteiger partial charge in [-0.25, -0.2) is 0 Å². The molecular weight excluding hydrogens is 202 g/mol. The van der Waals surface area contributed by atoms with Gasteiger partial charge in [-0.05, 0) is 31.7 Å². The van der Waals surface area contributed by atoms with Crippen LogP contribution < -0.4 is 10.6 Å². The third kappa shape index (κ3) is 3.21. The number of amides is 1. The first-order chi connectivity index (χ1) is 7.47. The van der Waals surface area contributed by atoms with Gasteiger partial charge in [0.15, 0.2) is 0 Å². The van der Waals surface area contributed by atoms with Crippen LogP contribution in [0.4, 0.5) is 0 Å². The second-order valence-corrected chi connectivity index (χ2v) is 5.25. The monoisotopic (exact) mass is 223 g/mol. The Hall–Kier alpha value is -1.08. The van der Waals surface area contributed by atoms with Crippen molar-refractivity contribution < 1.29 is 4.79 Å². The highest BCUT2D eigenvalue weighted by atomic mass is 16.2. The average molecular weight is 223 g/mol. The van der Waals surface area contributed by atoms with Crippen LogP contribution in [0.15, 0.2) is 0 Å². The molecule has 0 aromatic rings. The summed E-state index contributed by atoms with van der Waals surface area (Å²) in [5.41, 5.74) is -0.00526. The lowest BCUT2D eigenvalue weighted by Crippen LogP contribution is -2.56. The molecule has 2 unspecified atom stereocenters. The first-order valence-electron chi connectivity index (χ1n) is 5.88. The van der Waals surface area contributed by atoms with Crippen molar-refractivity contribution in [3.8, 4) is 6.07 Å². The molecular formula is C12H21N3O. The molecule has 4 heteroatoms. The summed E-state index contributed by atoms with van der Waals surface area (Å²) in [5, 5.41) is 14.7. The van der Waals surface area contributed by atoms with Crippen LogP contribution >= 0.6 is 0 Å². The van der Waals surface area contributed by atoms with Crippen molar-refractivity contribution in [3.05, 3.63) is 0 Å². The van der Waals surface area contributed by atoms with Crippen LogP contribution in [0.25, 0.3) is 0 Å². The minimum absolute atomic E-state index is 0.00526. The molecule has 0 aromatic heterocycles. The summed E-state index contributed by atoms with van der Waals surface area (Å²) in [7, 11) is 0. The van der Waals surface area contributed by atoms with Crippen molar-refractivity contribution in [2.45, 2.75) is 52.1 Å². The lowest BCUT2D eigenvalue weighted by Gasteiger charge is -2.38. The second-order valence-electron chi connectivity index (χ2n) is 5.25. The highest BCUT2D eigenvalue weighted by Crippen LogP contribution is 2.30. The van der Waals surface area contributed by atoms with E-state index in [0.29, 0.717) is 6.42 Å². The van der Waals surface area contributed by atoms with Crippen LogP contribution in [-0.2, 0) is 4.79 Å². The zero-order valence-electron chi connectivity index (χ0n) is 10.3. The first kappa shape index (κ1) is 13.0. The Morgan fingerprint density at radius 1 is 1.69 bits per heavy atom. The smallest absolute Gasteiger partial charge is 0.237 e. The standard InChI is InChI=1S/C12H21N3O/c1-9(5-7-13)15-11(16)10-12(2,3)6-4-8-14-10/h9-10,14H,4-6,8H2,1-3H3,(H,15,16). The van der Waals surface area contributed by atoms with Crippen molar-refractivity contribution in [1.29, 1.82) is 5.26 Å². The van der Waals surface area contributed by atoms with Gasteiger partial charge in [0.2, 0.25) is 5.91 Å². The Morgan fingerprint density at radius 3 is 2.94 bits per heavy atom. The van der Waals surface area contributed by atoms with E-state index >= 15 is 0 Å². The number of rotatable bonds is 3. The highest BCUT2D eigenvalue weighted by Gasteiger charge is 2.37. The topological polar surface area (TPSA) is 64.9 Å². The predicted molar refractivity (Wildman–Crippen MR) is 62.6 cm³/mol. The predicted octanol–water partition coefficient (Wildman–Crippen LogP) is 1.18. The Morgan fingerprint density at radius 2 is 2.38 bits per heavy atom. The maximum atomic E-state index is 12.0. The molecule has 4 nitrogen and oxygen atoms in total. The lowest BCUT2D eigenvalue weighted by atomic mass is 9.77. The number of piperidine rings is 1. The van der Waals surface area contributed by atoms with Gasteiger partial charge in [0, 0.05) is 6.04 Å². The first-order valence-corrected chi connectivity index (χ1v) is 5.88. The van der Waals surface area contributed by atoms with Gasteiger partial charge in [-0.2, -0.15) is 5.26 Å². The summed E-state index contributed by atoms with van der Waals surface area (Å²) in [4.78, 5) is 12.0. The molecule has 0 aromatic carbocycles. The van der Waals surface area contributed by atoms with Gasteiger partial charge in [0.1, 0.15) is 0 Å². The number of carbonyl (C=O) groups excluding carboxylic acids is 1. The highest BCUT2D eigenvalue weighted by molar-refractivity contribution is 5.83. The molecule has 0 aliphatic carbocycles. The molecule has 2 atom stereocenters. The number of hydrogen-bond acceptors (Lipinski definition) is 3. The minimum Gasteiger partial charge on any atom is -0.351 e. The van der Waals surface area contributed by atoms with Crippen LogP contribution in [-0.4, -0.2) is 24.5 Å². The SMILES string of the molecule is CC(CC#N)NC(=O)C1NCCCC1(C)C. The Labute approximate surface area is 97.4 Å². The van der Waals surface area contributed by atoms with Gasteiger partial charge >= 0.3 is 0 Å². The Balaban J connectivity index is 2.55. The fourth-order valence-corrected chi connectivity index (χ4v) is 2.17. The van der Waals surface area contributed by atoms with Crippen LogP contribution in [0, 0.1) is 16.7 Å². The molecule has 0 spiro atoms. The van der Waals surface area contributed by atoms with Crippen molar-refractivity contribution in [3.63, 3.8) is 0 Å². The second kappa shape index (κ2) is 5.31. The fraction of sp³-hybridized carbons (Fsp3) is 0.833. The molecule has 1 aliphatic heterocycles. The van der Waals surface area contributed by atoms with E-state index in [1.165, 1.54) is 0 Å². The summed E-state index contributed by atoms with van der Waals surface area (Å²) in [6.45, 7) is 6.97. The normalized spacial score (nSPS) is 25.5. The van der Waals surface area contributed by atoms with E-state index in [2.05, 4.69) is 30.6 Å². The number of nitrogens with one attached hydrogen (secondary N) is 2. The van der Waals surface area contributed by atoms with Crippen molar-refractivity contribution in [2.75, 3.05) is 6.54 Å². The number of nitriles is 1. The van der Waals surface area contributed by atoms with Crippen molar-refractivity contribution >= 4 is 5.91 Å². The molecule has 2 N–H and O–H groups in total. The lowest BCUT2D eigenvalue weighted by molar-refractivity contribution is -0.127. The van der Waals surface area contributed by atoms with E-state index in [-0.39, 0.29) is 23.4 Å². The maximum Gasteiger partial charge on any atom is 0.237 e. The summed E-state index contributed by atoms with van der Waals surface area (Å²) in [6.07, 6.45) is 2.54. The summed E-state index contributed by atoms with van der Waals surface area (Å²) in [6, 6.07) is 1.85. The minimum atomic E-state index is -0.137.